The molecule has 0 unspecified atom stereocenters. The number of carbonyl (C=O) groups excluding carboxylic acids is 2. The molecule has 0 aliphatic heterocycles. The highest BCUT2D eigenvalue weighted by Crippen LogP contribution is 2.25. The van der Waals surface area contributed by atoms with Crippen molar-refractivity contribution in [2.45, 2.75) is 11.8 Å². The van der Waals surface area contributed by atoms with E-state index in [1.54, 1.807) is 24.3 Å². The Morgan fingerprint density at radius 2 is 1.74 bits per heavy atom. The van der Waals surface area contributed by atoms with Gasteiger partial charge in [-0.15, -0.1) is 11.8 Å². The predicted molar refractivity (Wildman–Crippen MR) is 123 cm³/mol. The van der Waals surface area contributed by atoms with Crippen LogP contribution in [-0.4, -0.2) is 28.6 Å². The van der Waals surface area contributed by atoms with Gasteiger partial charge in [-0.25, -0.2) is 4.79 Å². The Morgan fingerprint density at radius 3 is 2.48 bits per heavy atom. The van der Waals surface area contributed by atoms with Crippen LogP contribution in [0.1, 0.15) is 26.3 Å². The molecule has 3 aromatic rings. The highest BCUT2D eigenvalue weighted by atomic mass is 35.5. The van der Waals surface area contributed by atoms with E-state index in [1.807, 2.05) is 31.2 Å². The van der Waals surface area contributed by atoms with E-state index in [1.165, 1.54) is 30.0 Å². The highest BCUT2D eigenvalue weighted by Gasteiger charge is 2.12. The van der Waals surface area contributed by atoms with Crippen LogP contribution in [0.2, 0.25) is 5.02 Å². The summed E-state index contributed by atoms with van der Waals surface area (Å²) in [5.41, 5.74) is 2.37. The summed E-state index contributed by atoms with van der Waals surface area (Å²) >= 11 is 7.32. The maximum atomic E-state index is 12.5. The van der Waals surface area contributed by atoms with Crippen LogP contribution < -0.4 is 10.6 Å². The molecule has 0 fully saturated rings. The summed E-state index contributed by atoms with van der Waals surface area (Å²) in [6, 6.07) is 18.6. The molecule has 3 aromatic carbocycles. The first kappa shape index (κ1) is 22.4. The van der Waals surface area contributed by atoms with E-state index in [9.17, 15) is 14.4 Å². The number of aryl methyl sites for hydroxylation is 1. The molecule has 0 saturated carbocycles. The van der Waals surface area contributed by atoms with Crippen molar-refractivity contribution in [3.8, 4) is 0 Å². The van der Waals surface area contributed by atoms with Gasteiger partial charge in [-0.05, 0) is 55.0 Å². The van der Waals surface area contributed by atoms with Gasteiger partial charge in [-0.2, -0.15) is 0 Å². The second-order valence-electron chi connectivity index (χ2n) is 6.63. The molecule has 0 atom stereocenters. The SMILES string of the molecule is Cc1ccccc1C(=O)Nc1cccc(SCC(=O)Nc2cc(C(=O)O)ccc2Cl)c1. The second-order valence-corrected chi connectivity index (χ2v) is 8.09. The molecule has 31 heavy (non-hydrogen) atoms. The Kier molecular flexibility index (Phi) is 7.33. The number of hydrogen-bond donors (Lipinski definition) is 3. The van der Waals surface area contributed by atoms with Crippen molar-refractivity contribution in [3.63, 3.8) is 0 Å². The zero-order chi connectivity index (χ0) is 22.4. The number of amides is 2. The van der Waals surface area contributed by atoms with Gasteiger partial charge in [0.15, 0.2) is 0 Å². The molecule has 0 spiro atoms. The fourth-order valence-electron chi connectivity index (χ4n) is 2.78. The van der Waals surface area contributed by atoms with Gasteiger partial charge in [-0.3, -0.25) is 9.59 Å². The quantitative estimate of drug-likeness (QED) is 0.419. The number of hydrogen-bond acceptors (Lipinski definition) is 4. The Bertz CT molecular complexity index is 1150. The lowest BCUT2D eigenvalue weighted by Crippen LogP contribution is -2.15. The first-order valence-electron chi connectivity index (χ1n) is 9.26. The minimum Gasteiger partial charge on any atom is -0.478 e. The number of carbonyl (C=O) groups is 3. The number of aromatic carboxylic acids is 1. The van der Waals surface area contributed by atoms with Gasteiger partial charge in [0.2, 0.25) is 5.91 Å². The minimum atomic E-state index is -1.11. The summed E-state index contributed by atoms with van der Waals surface area (Å²) in [6.07, 6.45) is 0. The molecule has 158 valence electrons. The van der Waals surface area contributed by atoms with Gasteiger partial charge in [-0.1, -0.05) is 35.9 Å². The van der Waals surface area contributed by atoms with Crippen LogP contribution in [0.4, 0.5) is 11.4 Å². The van der Waals surface area contributed by atoms with E-state index in [-0.39, 0.29) is 33.8 Å². The van der Waals surface area contributed by atoms with E-state index in [0.717, 1.165) is 10.5 Å². The standard InChI is InChI=1S/C23H19ClN2O4S/c1-14-5-2-3-8-18(14)22(28)25-16-6-4-7-17(12-16)31-13-21(27)26-20-11-15(23(29)30)9-10-19(20)24/h2-12H,13H2,1H3,(H,25,28)(H,26,27)(H,29,30). The molecule has 0 aliphatic rings. The van der Waals surface area contributed by atoms with Gasteiger partial charge in [0, 0.05) is 16.1 Å². The van der Waals surface area contributed by atoms with Crippen molar-refractivity contribution < 1.29 is 19.5 Å². The van der Waals surface area contributed by atoms with Crippen LogP contribution in [0.15, 0.2) is 71.6 Å². The number of carboxylic acids is 1. The third kappa shape index (κ3) is 6.10. The molecule has 3 rings (SSSR count). The van der Waals surface area contributed by atoms with Crippen molar-refractivity contribution in [2.24, 2.45) is 0 Å². The molecule has 0 aromatic heterocycles. The lowest BCUT2D eigenvalue weighted by atomic mass is 10.1. The topological polar surface area (TPSA) is 95.5 Å². The molecule has 8 heteroatoms. The Labute approximate surface area is 188 Å². The van der Waals surface area contributed by atoms with Gasteiger partial charge < -0.3 is 15.7 Å². The first-order chi connectivity index (χ1) is 14.8. The average Bonchev–Trinajstić information content (AvgIpc) is 2.74. The molecule has 0 saturated heterocycles. The van der Waals surface area contributed by atoms with Crippen LogP contribution in [0.5, 0.6) is 0 Å². The fraction of sp³-hybridized carbons (Fsp3) is 0.0870. The molecule has 0 radical (unpaired) electrons. The summed E-state index contributed by atoms with van der Waals surface area (Å²) in [7, 11) is 0. The van der Waals surface area contributed by atoms with Crippen molar-refractivity contribution in [1.82, 2.24) is 0 Å². The van der Waals surface area contributed by atoms with E-state index >= 15 is 0 Å². The number of anilines is 2. The number of benzene rings is 3. The Morgan fingerprint density at radius 1 is 0.968 bits per heavy atom. The largest absolute Gasteiger partial charge is 0.478 e. The van der Waals surface area contributed by atoms with Gasteiger partial charge in [0.05, 0.1) is 22.0 Å². The molecule has 6 nitrogen and oxygen atoms in total. The van der Waals surface area contributed by atoms with Crippen molar-refractivity contribution in [1.29, 1.82) is 0 Å². The lowest BCUT2D eigenvalue weighted by Gasteiger charge is -2.10. The highest BCUT2D eigenvalue weighted by molar-refractivity contribution is 8.00. The minimum absolute atomic E-state index is 0.0319. The molecule has 3 N–H and O–H groups in total. The third-order valence-electron chi connectivity index (χ3n) is 4.34. The summed E-state index contributed by atoms with van der Waals surface area (Å²) in [6.45, 7) is 1.87. The second kappa shape index (κ2) is 10.1. The van der Waals surface area contributed by atoms with E-state index < -0.39 is 5.97 Å². The predicted octanol–water partition coefficient (Wildman–Crippen LogP) is 5.33. The molecule has 2 amide bonds. The lowest BCUT2D eigenvalue weighted by molar-refractivity contribution is -0.113. The fourth-order valence-corrected chi connectivity index (χ4v) is 3.70. The third-order valence-corrected chi connectivity index (χ3v) is 5.66. The van der Waals surface area contributed by atoms with Crippen LogP contribution in [0, 0.1) is 6.92 Å². The first-order valence-corrected chi connectivity index (χ1v) is 10.6. The molecular weight excluding hydrogens is 436 g/mol. The summed E-state index contributed by atoms with van der Waals surface area (Å²) < 4.78 is 0. The van der Waals surface area contributed by atoms with Crippen molar-refractivity contribution in [3.05, 3.63) is 88.4 Å². The van der Waals surface area contributed by atoms with Crippen LogP contribution >= 0.6 is 23.4 Å². The summed E-state index contributed by atoms with van der Waals surface area (Å²) in [5.74, 6) is -1.55. The normalized spacial score (nSPS) is 10.4. The van der Waals surface area contributed by atoms with E-state index in [0.29, 0.717) is 11.3 Å². The van der Waals surface area contributed by atoms with Crippen LogP contribution in [-0.2, 0) is 4.79 Å². The van der Waals surface area contributed by atoms with E-state index in [4.69, 9.17) is 16.7 Å². The molecule has 0 aliphatic carbocycles. The van der Waals surface area contributed by atoms with Crippen LogP contribution in [0.3, 0.4) is 0 Å². The summed E-state index contributed by atoms with van der Waals surface area (Å²) in [4.78, 5) is 36.7. The van der Waals surface area contributed by atoms with Gasteiger partial charge >= 0.3 is 5.97 Å². The van der Waals surface area contributed by atoms with Gasteiger partial charge in [0.1, 0.15) is 0 Å². The number of thioether (sulfide) groups is 1. The number of halogens is 1. The van der Waals surface area contributed by atoms with E-state index in [2.05, 4.69) is 10.6 Å². The summed E-state index contributed by atoms with van der Waals surface area (Å²) in [5, 5.41) is 14.8. The Hall–Kier alpha value is -3.29. The Balaban J connectivity index is 1.61. The molecule has 0 bridgehead atoms. The van der Waals surface area contributed by atoms with Gasteiger partial charge in [0.25, 0.3) is 5.91 Å². The van der Waals surface area contributed by atoms with Crippen molar-refractivity contribution >= 4 is 52.5 Å². The smallest absolute Gasteiger partial charge is 0.335 e. The maximum Gasteiger partial charge on any atom is 0.335 e. The van der Waals surface area contributed by atoms with Crippen LogP contribution in [0.25, 0.3) is 0 Å². The zero-order valence-electron chi connectivity index (χ0n) is 16.5. The molecule has 0 heterocycles. The zero-order valence-corrected chi connectivity index (χ0v) is 18.1. The number of rotatable bonds is 7. The molecular formula is C23H19ClN2O4S. The number of nitrogens with one attached hydrogen (secondary N) is 2. The van der Waals surface area contributed by atoms with Crippen molar-refractivity contribution in [2.75, 3.05) is 16.4 Å². The number of carboxylic acid groups (broad SMARTS) is 1. The maximum absolute atomic E-state index is 12.5. The average molecular weight is 455 g/mol. The monoisotopic (exact) mass is 454 g/mol.